The number of carbonyl (C=O) groups excluding carboxylic acids is 1. The lowest BCUT2D eigenvalue weighted by Gasteiger charge is -2.41. The lowest BCUT2D eigenvalue weighted by Crippen LogP contribution is -2.40. The number of rotatable bonds is 5. The summed E-state index contributed by atoms with van der Waals surface area (Å²) in [4.78, 5) is 20.4. The molecule has 160 valence electrons. The molecule has 3 nitrogen and oxygen atoms in total. The average Bonchev–Trinajstić information content (AvgIpc) is 2.76. The molecule has 4 heteroatoms. The summed E-state index contributed by atoms with van der Waals surface area (Å²) in [5, 5.41) is 1.00. The molecule has 1 aromatic carbocycles. The number of benzene rings is 1. The number of aromatic nitrogens is 1. The first-order chi connectivity index (χ1) is 14.9. The summed E-state index contributed by atoms with van der Waals surface area (Å²) in [5.74, 6) is 1.12. The maximum atomic E-state index is 14.1. The fourth-order valence-electron chi connectivity index (χ4n) is 4.73. The normalized spacial score (nSPS) is 20.4. The van der Waals surface area contributed by atoms with Gasteiger partial charge >= 0.3 is 0 Å². The smallest absolute Gasteiger partial charge is 0.255 e. The lowest BCUT2D eigenvalue weighted by molar-refractivity contribution is -0.125. The minimum Gasteiger partial charge on any atom is -0.299 e. The number of thioether (sulfide) groups is 1. The number of pyridine rings is 1. The van der Waals surface area contributed by atoms with Gasteiger partial charge in [-0.1, -0.05) is 63.3 Å². The van der Waals surface area contributed by atoms with Gasteiger partial charge in [0, 0.05) is 24.1 Å². The first kappa shape index (κ1) is 21.6. The Labute approximate surface area is 190 Å². The molecule has 2 aromatic rings. The van der Waals surface area contributed by atoms with E-state index in [0.717, 1.165) is 34.9 Å². The predicted octanol–water partition coefficient (Wildman–Crippen LogP) is 6.25. The van der Waals surface area contributed by atoms with Gasteiger partial charge in [-0.2, -0.15) is 0 Å². The Bertz CT molecular complexity index is 1050. The largest absolute Gasteiger partial charge is 0.299 e. The molecule has 1 unspecified atom stereocenters. The molecule has 4 rings (SSSR count). The van der Waals surface area contributed by atoms with Crippen molar-refractivity contribution in [2.75, 3.05) is 6.54 Å². The summed E-state index contributed by atoms with van der Waals surface area (Å²) in [5.41, 5.74) is 5.56. The molecule has 0 fully saturated rings. The Hall–Kier alpha value is -2.59. The third-order valence-electron chi connectivity index (χ3n) is 6.16. The van der Waals surface area contributed by atoms with Crippen LogP contribution in [0.1, 0.15) is 44.0 Å². The van der Waals surface area contributed by atoms with Crippen molar-refractivity contribution in [3.8, 4) is 0 Å². The number of hydrogen-bond acceptors (Lipinski definition) is 3. The zero-order valence-corrected chi connectivity index (χ0v) is 19.4. The lowest BCUT2D eigenvalue weighted by atomic mass is 9.66. The third-order valence-corrected chi connectivity index (χ3v) is 7.28. The van der Waals surface area contributed by atoms with Gasteiger partial charge in [0.15, 0.2) is 0 Å². The van der Waals surface area contributed by atoms with Gasteiger partial charge in [-0.05, 0) is 53.0 Å². The van der Waals surface area contributed by atoms with Gasteiger partial charge in [-0.25, -0.2) is 0 Å². The Morgan fingerprint density at radius 2 is 2.00 bits per heavy atom. The van der Waals surface area contributed by atoms with Gasteiger partial charge in [0.2, 0.25) is 0 Å². The van der Waals surface area contributed by atoms with Crippen molar-refractivity contribution in [2.24, 2.45) is 11.3 Å². The molecular formula is C27H30N2OS. The molecule has 2 heterocycles. The molecule has 2 aliphatic rings. The summed E-state index contributed by atoms with van der Waals surface area (Å²) in [7, 11) is 0. The number of allylic oxidation sites excluding steroid dienone is 2. The van der Waals surface area contributed by atoms with Crippen molar-refractivity contribution in [1.29, 1.82) is 0 Å². The van der Waals surface area contributed by atoms with E-state index >= 15 is 0 Å². The standard InChI is InChI=1S/C27H30N2OS/c1-5-16-29-23(31-18-21-11-8-9-15-28-21)14-13-19(2)24-22-12-7-6-10-20(22)17-27(3,4)25(24)26(29)30/h5-12,14-15,19H,1,13,16-18H2,2-4H3. The van der Waals surface area contributed by atoms with E-state index in [9.17, 15) is 4.79 Å². The highest BCUT2D eigenvalue weighted by atomic mass is 32.2. The first-order valence-corrected chi connectivity index (χ1v) is 11.9. The zero-order valence-electron chi connectivity index (χ0n) is 18.6. The molecule has 1 aliphatic carbocycles. The summed E-state index contributed by atoms with van der Waals surface area (Å²) >= 11 is 1.69. The Morgan fingerprint density at radius 3 is 2.74 bits per heavy atom. The van der Waals surface area contributed by atoms with E-state index in [1.54, 1.807) is 11.8 Å². The molecule has 0 N–H and O–H groups in total. The molecule has 0 spiro atoms. The number of amides is 1. The minimum absolute atomic E-state index is 0.112. The Kier molecular flexibility index (Phi) is 6.19. The van der Waals surface area contributed by atoms with Crippen LogP contribution < -0.4 is 0 Å². The van der Waals surface area contributed by atoms with Crippen LogP contribution in [0.15, 0.2) is 78.0 Å². The quantitative estimate of drug-likeness (QED) is 0.526. The second-order valence-corrected chi connectivity index (χ2v) is 10.00. The molecule has 0 saturated carbocycles. The van der Waals surface area contributed by atoms with Crippen molar-refractivity contribution in [2.45, 2.75) is 39.4 Å². The van der Waals surface area contributed by atoms with Crippen molar-refractivity contribution in [3.63, 3.8) is 0 Å². The molecule has 1 amide bonds. The van der Waals surface area contributed by atoms with Crippen LogP contribution in [-0.2, 0) is 17.0 Å². The predicted molar refractivity (Wildman–Crippen MR) is 130 cm³/mol. The zero-order chi connectivity index (χ0) is 22.0. The van der Waals surface area contributed by atoms with Crippen LogP contribution in [0.5, 0.6) is 0 Å². The van der Waals surface area contributed by atoms with Crippen molar-refractivity contribution in [1.82, 2.24) is 9.88 Å². The number of hydrogen-bond donors (Lipinski definition) is 0. The average molecular weight is 431 g/mol. The molecular weight excluding hydrogens is 400 g/mol. The van der Waals surface area contributed by atoms with Crippen LogP contribution in [-0.4, -0.2) is 22.3 Å². The monoisotopic (exact) mass is 430 g/mol. The van der Waals surface area contributed by atoms with Crippen LogP contribution in [0, 0.1) is 11.3 Å². The van der Waals surface area contributed by atoms with E-state index in [4.69, 9.17) is 0 Å². The third kappa shape index (κ3) is 4.27. The molecule has 1 atom stereocenters. The SMILES string of the molecule is C=CCN1C(=O)C2=C(c3ccccc3CC2(C)C)C(C)CC=C1SCc1ccccn1. The highest BCUT2D eigenvalue weighted by Gasteiger charge is 2.41. The van der Waals surface area contributed by atoms with Crippen LogP contribution in [0.4, 0.5) is 0 Å². The highest BCUT2D eigenvalue weighted by Crippen LogP contribution is 2.48. The van der Waals surface area contributed by atoms with Crippen molar-refractivity contribution >= 4 is 23.2 Å². The fourth-order valence-corrected chi connectivity index (χ4v) is 5.72. The van der Waals surface area contributed by atoms with Gasteiger partial charge in [0.25, 0.3) is 5.91 Å². The van der Waals surface area contributed by atoms with E-state index in [-0.39, 0.29) is 17.2 Å². The molecule has 0 bridgehead atoms. The van der Waals surface area contributed by atoms with Gasteiger partial charge in [-0.3, -0.25) is 14.7 Å². The van der Waals surface area contributed by atoms with Gasteiger partial charge in [-0.15, -0.1) is 18.3 Å². The van der Waals surface area contributed by atoms with Gasteiger partial charge in [0.05, 0.1) is 10.7 Å². The second-order valence-electron chi connectivity index (χ2n) is 9.00. The molecule has 1 aromatic heterocycles. The van der Waals surface area contributed by atoms with Crippen LogP contribution in [0.2, 0.25) is 0 Å². The van der Waals surface area contributed by atoms with E-state index in [1.165, 1.54) is 16.7 Å². The van der Waals surface area contributed by atoms with Crippen molar-refractivity contribution in [3.05, 3.63) is 94.8 Å². The van der Waals surface area contributed by atoms with E-state index in [1.807, 2.05) is 35.4 Å². The molecule has 31 heavy (non-hydrogen) atoms. The van der Waals surface area contributed by atoms with Gasteiger partial charge in [0.1, 0.15) is 0 Å². The number of nitrogens with zero attached hydrogens (tertiary/aromatic N) is 2. The summed E-state index contributed by atoms with van der Waals surface area (Å²) in [6.45, 7) is 11.1. The minimum atomic E-state index is -0.220. The summed E-state index contributed by atoms with van der Waals surface area (Å²) in [6, 6.07) is 14.5. The maximum Gasteiger partial charge on any atom is 0.255 e. The van der Waals surface area contributed by atoms with Crippen LogP contribution in [0.3, 0.4) is 0 Å². The Balaban J connectivity index is 1.76. The van der Waals surface area contributed by atoms with Crippen LogP contribution >= 0.6 is 11.8 Å². The number of fused-ring (bicyclic) bond motifs is 2. The molecule has 0 radical (unpaired) electrons. The Morgan fingerprint density at radius 1 is 1.23 bits per heavy atom. The topological polar surface area (TPSA) is 33.2 Å². The van der Waals surface area contributed by atoms with E-state index in [2.05, 4.69) is 62.7 Å². The first-order valence-electron chi connectivity index (χ1n) is 10.9. The summed E-state index contributed by atoms with van der Waals surface area (Å²) in [6.07, 6.45) is 7.64. The number of carbonyl (C=O) groups is 1. The fraction of sp³-hybridized carbons (Fsp3) is 0.333. The van der Waals surface area contributed by atoms with E-state index < -0.39 is 0 Å². The van der Waals surface area contributed by atoms with Crippen LogP contribution in [0.25, 0.3) is 5.57 Å². The maximum absolute atomic E-state index is 14.1. The molecule has 1 aliphatic heterocycles. The van der Waals surface area contributed by atoms with Crippen molar-refractivity contribution < 1.29 is 4.79 Å². The summed E-state index contributed by atoms with van der Waals surface area (Å²) < 4.78 is 0. The van der Waals surface area contributed by atoms with E-state index in [0.29, 0.717) is 6.54 Å². The van der Waals surface area contributed by atoms with Gasteiger partial charge < -0.3 is 0 Å². The highest BCUT2D eigenvalue weighted by molar-refractivity contribution is 8.02. The molecule has 0 saturated heterocycles. The second kappa shape index (κ2) is 8.88.